The van der Waals surface area contributed by atoms with Crippen LogP contribution in [0.3, 0.4) is 0 Å². The molecule has 2 N–H and O–H groups in total. The second kappa shape index (κ2) is 8.36. The van der Waals surface area contributed by atoms with Crippen LogP contribution in [0.2, 0.25) is 0 Å². The van der Waals surface area contributed by atoms with Crippen LogP contribution in [0.1, 0.15) is 40.7 Å². The highest BCUT2D eigenvalue weighted by atomic mass is 19.1. The summed E-state index contributed by atoms with van der Waals surface area (Å²) in [6.45, 7) is 1.78. The summed E-state index contributed by atoms with van der Waals surface area (Å²) in [5.74, 6) is -0.673. The average molecular weight is 329 g/mol. The molecule has 0 heterocycles. The summed E-state index contributed by atoms with van der Waals surface area (Å²) < 4.78 is 12.8. The molecular formula is C19H20FNO3. The van der Waals surface area contributed by atoms with Crippen molar-refractivity contribution in [2.75, 3.05) is 5.32 Å². The minimum absolute atomic E-state index is 0.0880. The normalized spacial score (nSPS) is 10.5. The zero-order chi connectivity index (χ0) is 17.5. The van der Waals surface area contributed by atoms with Crippen LogP contribution >= 0.6 is 0 Å². The number of ketones is 1. The molecule has 2 aromatic carbocycles. The van der Waals surface area contributed by atoms with Gasteiger partial charge in [0, 0.05) is 24.1 Å². The SMILES string of the molecule is Cc1ccc(CO)cc1NC(=O)CCCC(=O)c1ccc(F)cc1. The lowest BCUT2D eigenvalue weighted by Gasteiger charge is -2.10. The summed E-state index contributed by atoms with van der Waals surface area (Å²) in [7, 11) is 0. The Balaban J connectivity index is 1.83. The number of aliphatic hydroxyl groups excluding tert-OH is 1. The molecule has 2 aromatic rings. The van der Waals surface area contributed by atoms with Gasteiger partial charge in [-0.1, -0.05) is 12.1 Å². The molecule has 0 fully saturated rings. The van der Waals surface area contributed by atoms with Crippen LogP contribution in [0.4, 0.5) is 10.1 Å². The lowest BCUT2D eigenvalue weighted by Crippen LogP contribution is -2.13. The fraction of sp³-hybridized carbons (Fsp3) is 0.263. The van der Waals surface area contributed by atoms with Crippen molar-refractivity contribution in [3.63, 3.8) is 0 Å². The Kier molecular flexibility index (Phi) is 6.21. The van der Waals surface area contributed by atoms with E-state index in [1.807, 2.05) is 13.0 Å². The van der Waals surface area contributed by atoms with Gasteiger partial charge in [-0.05, 0) is 54.8 Å². The van der Waals surface area contributed by atoms with Gasteiger partial charge in [0.25, 0.3) is 0 Å². The van der Waals surface area contributed by atoms with Crippen LogP contribution in [0.15, 0.2) is 42.5 Å². The molecule has 0 saturated carbocycles. The van der Waals surface area contributed by atoms with Gasteiger partial charge in [-0.3, -0.25) is 9.59 Å². The molecule has 126 valence electrons. The van der Waals surface area contributed by atoms with Gasteiger partial charge in [-0.25, -0.2) is 4.39 Å². The fourth-order valence-corrected chi connectivity index (χ4v) is 2.30. The molecule has 0 aliphatic carbocycles. The van der Waals surface area contributed by atoms with Crippen LogP contribution in [0.5, 0.6) is 0 Å². The van der Waals surface area contributed by atoms with Gasteiger partial charge in [0.15, 0.2) is 5.78 Å². The topological polar surface area (TPSA) is 66.4 Å². The predicted octanol–water partition coefficient (Wildman–Crippen LogP) is 3.62. The number of hydrogen-bond acceptors (Lipinski definition) is 3. The molecule has 2 rings (SSSR count). The van der Waals surface area contributed by atoms with Gasteiger partial charge >= 0.3 is 0 Å². The van der Waals surface area contributed by atoms with E-state index in [0.717, 1.165) is 11.1 Å². The number of carbonyl (C=O) groups is 2. The Morgan fingerprint density at radius 3 is 2.46 bits per heavy atom. The maximum absolute atomic E-state index is 12.8. The Morgan fingerprint density at radius 1 is 1.08 bits per heavy atom. The van der Waals surface area contributed by atoms with Gasteiger partial charge in [0.1, 0.15) is 5.82 Å². The molecule has 0 aliphatic rings. The maximum Gasteiger partial charge on any atom is 0.224 e. The van der Waals surface area contributed by atoms with Gasteiger partial charge in [-0.2, -0.15) is 0 Å². The van der Waals surface area contributed by atoms with Gasteiger partial charge in [-0.15, -0.1) is 0 Å². The monoisotopic (exact) mass is 329 g/mol. The fourth-order valence-electron chi connectivity index (χ4n) is 2.30. The quantitative estimate of drug-likeness (QED) is 0.763. The summed E-state index contributed by atoms with van der Waals surface area (Å²) >= 11 is 0. The molecule has 0 bridgehead atoms. The van der Waals surface area contributed by atoms with E-state index in [1.165, 1.54) is 24.3 Å². The van der Waals surface area contributed by atoms with Crippen molar-refractivity contribution in [1.82, 2.24) is 0 Å². The third-order valence-electron chi connectivity index (χ3n) is 3.73. The summed E-state index contributed by atoms with van der Waals surface area (Å²) in [6, 6.07) is 10.7. The Morgan fingerprint density at radius 2 is 1.79 bits per heavy atom. The van der Waals surface area contributed by atoms with Crippen molar-refractivity contribution in [1.29, 1.82) is 0 Å². The third kappa shape index (κ3) is 4.99. The molecule has 4 nitrogen and oxygen atoms in total. The summed E-state index contributed by atoms with van der Waals surface area (Å²) in [5, 5.41) is 11.9. The number of anilines is 1. The van der Waals surface area contributed by atoms with Crippen molar-refractivity contribution in [3.8, 4) is 0 Å². The first-order chi connectivity index (χ1) is 11.5. The minimum Gasteiger partial charge on any atom is -0.392 e. The standard InChI is InChI=1S/C19H20FNO3/c1-13-5-6-14(12-22)11-17(13)21-19(24)4-2-3-18(23)15-7-9-16(20)10-8-15/h5-11,22H,2-4,12H2,1H3,(H,21,24). The summed E-state index contributed by atoms with van der Waals surface area (Å²) in [4.78, 5) is 23.9. The highest BCUT2D eigenvalue weighted by molar-refractivity contribution is 5.96. The molecule has 0 unspecified atom stereocenters. The third-order valence-corrected chi connectivity index (χ3v) is 3.73. The predicted molar refractivity (Wildman–Crippen MR) is 90.3 cm³/mol. The Bertz CT molecular complexity index is 726. The van der Waals surface area contributed by atoms with E-state index in [0.29, 0.717) is 17.7 Å². The average Bonchev–Trinajstić information content (AvgIpc) is 2.57. The molecule has 0 aliphatic heterocycles. The van der Waals surface area contributed by atoms with Gasteiger partial charge < -0.3 is 10.4 Å². The van der Waals surface area contributed by atoms with Crippen molar-refractivity contribution < 1.29 is 19.1 Å². The number of nitrogens with one attached hydrogen (secondary N) is 1. The highest BCUT2D eigenvalue weighted by Crippen LogP contribution is 2.18. The van der Waals surface area contributed by atoms with Crippen molar-refractivity contribution in [2.45, 2.75) is 32.8 Å². The number of halogens is 1. The first kappa shape index (κ1) is 17.8. The van der Waals surface area contributed by atoms with E-state index < -0.39 is 0 Å². The molecule has 0 saturated heterocycles. The lowest BCUT2D eigenvalue weighted by molar-refractivity contribution is -0.116. The van der Waals surface area contributed by atoms with Crippen LogP contribution in [-0.2, 0) is 11.4 Å². The molecule has 0 spiro atoms. The lowest BCUT2D eigenvalue weighted by atomic mass is 10.1. The number of aryl methyl sites for hydroxylation is 1. The molecule has 0 atom stereocenters. The summed E-state index contributed by atoms with van der Waals surface area (Å²) in [5.41, 5.74) is 2.74. The minimum atomic E-state index is -0.383. The van der Waals surface area contributed by atoms with Crippen LogP contribution in [0.25, 0.3) is 0 Å². The molecule has 5 heteroatoms. The van der Waals surface area contributed by atoms with E-state index in [9.17, 15) is 14.0 Å². The zero-order valence-corrected chi connectivity index (χ0v) is 13.5. The van der Waals surface area contributed by atoms with Crippen molar-refractivity contribution >= 4 is 17.4 Å². The smallest absolute Gasteiger partial charge is 0.224 e. The number of Topliss-reactive ketones (excluding diaryl/α,β-unsaturated/α-hetero) is 1. The van der Waals surface area contributed by atoms with Crippen molar-refractivity contribution in [3.05, 3.63) is 65.0 Å². The first-order valence-electron chi connectivity index (χ1n) is 7.78. The molecular weight excluding hydrogens is 309 g/mol. The van der Waals surface area contributed by atoms with E-state index in [2.05, 4.69) is 5.32 Å². The largest absolute Gasteiger partial charge is 0.392 e. The Hall–Kier alpha value is -2.53. The van der Waals surface area contributed by atoms with Crippen molar-refractivity contribution in [2.24, 2.45) is 0 Å². The number of aliphatic hydroxyl groups is 1. The highest BCUT2D eigenvalue weighted by Gasteiger charge is 2.09. The van der Waals surface area contributed by atoms with E-state index in [4.69, 9.17) is 5.11 Å². The van der Waals surface area contributed by atoms with Crippen LogP contribution < -0.4 is 5.32 Å². The Labute approximate surface area is 140 Å². The molecule has 1 amide bonds. The van der Waals surface area contributed by atoms with Crippen LogP contribution in [0, 0.1) is 12.7 Å². The zero-order valence-electron chi connectivity index (χ0n) is 13.5. The molecule has 0 radical (unpaired) electrons. The number of benzene rings is 2. The maximum atomic E-state index is 12.8. The van der Waals surface area contributed by atoms with E-state index in [-0.39, 0.29) is 37.0 Å². The number of rotatable bonds is 7. The molecule has 24 heavy (non-hydrogen) atoms. The first-order valence-corrected chi connectivity index (χ1v) is 7.78. The number of amides is 1. The van der Waals surface area contributed by atoms with E-state index >= 15 is 0 Å². The molecule has 0 aromatic heterocycles. The second-order valence-corrected chi connectivity index (χ2v) is 5.64. The van der Waals surface area contributed by atoms with Gasteiger partial charge in [0.05, 0.1) is 6.61 Å². The summed E-state index contributed by atoms with van der Waals surface area (Å²) in [6.07, 6.45) is 0.866. The number of hydrogen-bond donors (Lipinski definition) is 2. The number of carbonyl (C=O) groups excluding carboxylic acids is 2. The van der Waals surface area contributed by atoms with E-state index in [1.54, 1.807) is 12.1 Å². The van der Waals surface area contributed by atoms with Gasteiger partial charge in [0.2, 0.25) is 5.91 Å². The van der Waals surface area contributed by atoms with Crippen LogP contribution in [-0.4, -0.2) is 16.8 Å². The second-order valence-electron chi connectivity index (χ2n) is 5.64.